The zero-order valence-electron chi connectivity index (χ0n) is 14.6. The molecule has 0 saturated carbocycles. The van der Waals surface area contributed by atoms with E-state index in [2.05, 4.69) is 20.3 Å². The Balaban J connectivity index is 1.76. The van der Waals surface area contributed by atoms with Crippen LogP contribution < -0.4 is 10.1 Å². The maximum Gasteiger partial charge on any atom is 0.239 e. The summed E-state index contributed by atoms with van der Waals surface area (Å²) in [7, 11) is 1.61. The van der Waals surface area contributed by atoms with Gasteiger partial charge in [-0.05, 0) is 43.3 Å². The molecule has 1 N–H and O–H groups in total. The summed E-state index contributed by atoms with van der Waals surface area (Å²) < 4.78 is 20.5. The van der Waals surface area contributed by atoms with Crippen molar-refractivity contribution in [3.8, 4) is 11.7 Å². The average molecular weight is 384 g/mol. The third-order valence-corrected chi connectivity index (χ3v) is 4.22. The van der Waals surface area contributed by atoms with Gasteiger partial charge in [0.2, 0.25) is 5.95 Å². The lowest BCUT2D eigenvalue weighted by Gasteiger charge is -2.10. The molecule has 4 rings (SSSR count). The predicted octanol–water partition coefficient (Wildman–Crippen LogP) is 4.67. The van der Waals surface area contributed by atoms with Crippen LogP contribution in [0.1, 0.15) is 5.82 Å². The van der Waals surface area contributed by atoms with Crippen LogP contribution in [0.3, 0.4) is 0 Å². The Kier molecular flexibility index (Phi) is 4.37. The van der Waals surface area contributed by atoms with Crippen molar-refractivity contribution in [3.05, 3.63) is 65.3 Å². The standard InChI is InChI=1S/C19H15ClFN5O/c1-11-22-15-8-3-12(21)9-16(15)26(11)19-24-17(20)10-18(25-19)23-13-4-6-14(27-2)7-5-13/h3-10H,1-2H3,(H,23,24,25). The summed E-state index contributed by atoms with van der Waals surface area (Å²) in [6.07, 6.45) is 0. The number of nitrogens with one attached hydrogen (secondary N) is 1. The van der Waals surface area contributed by atoms with Crippen molar-refractivity contribution in [2.45, 2.75) is 6.92 Å². The molecule has 0 unspecified atom stereocenters. The normalized spacial score (nSPS) is 11.0. The molecule has 8 heteroatoms. The Morgan fingerprint density at radius 2 is 1.81 bits per heavy atom. The topological polar surface area (TPSA) is 64.9 Å². The van der Waals surface area contributed by atoms with E-state index in [1.165, 1.54) is 12.1 Å². The van der Waals surface area contributed by atoms with Gasteiger partial charge in [-0.15, -0.1) is 0 Å². The van der Waals surface area contributed by atoms with Gasteiger partial charge in [-0.2, -0.15) is 4.98 Å². The fourth-order valence-electron chi connectivity index (χ4n) is 2.81. The van der Waals surface area contributed by atoms with Crippen molar-refractivity contribution in [1.29, 1.82) is 0 Å². The van der Waals surface area contributed by atoms with E-state index in [1.807, 2.05) is 24.3 Å². The third kappa shape index (κ3) is 3.41. The van der Waals surface area contributed by atoms with Crippen molar-refractivity contribution in [2.24, 2.45) is 0 Å². The minimum Gasteiger partial charge on any atom is -0.497 e. The second-order valence-corrected chi connectivity index (χ2v) is 6.24. The van der Waals surface area contributed by atoms with E-state index in [1.54, 1.807) is 30.7 Å². The number of aryl methyl sites for hydroxylation is 1. The van der Waals surface area contributed by atoms with Crippen molar-refractivity contribution in [1.82, 2.24) is 19.5 Å². The molecule has 0 amide bonds. The maximum atomic E-state index is 13.7. The summed E-state index contributed by atoms with van der Waals surface area (Å²) in [5, 5.41) is 3.44. The monoisotopic (exact) mass is 383 g/mol. The molecular formula is C19H15ClFN5O. The molecule has 2 heterocycles. The number of hydrogen-bond acceptors (Lipinski definition) is 5. The van der Waals surface area contributed by atoms with Crippen LogP contribution in [0.15, 0.2) is 48.5 Å². The maximum absolute atomic E-state index is 13.7. The predicted molar refractivity (Wildman–Crippen MR) is 103 cm³/mol. The zero-order chi connectivity index (χ0) is 19.0. The number of anilines is 2. The number of halogens is 2. The van der Waals surface area contributed by atoms with Crippen LogP contribution in [0.5, 0.6) is 5.75 Å². The minimum atomic E-state index is -0.359. The van der Waals surface area contributed by atoms with E-state index >= 15 is 0 Å². The van der Waals surface area contributed by atoms with Crippen LogP contribution >= 0.6 is 11.6 Å². The van der Waals surface area contributed by atoms with Crippen molar-refractivity contribution in [2.75, 3.05) is 12.4 Å². The summed E-state index contributed by atoms with van der Waals surface area (Å²) in [5.41, 5.74) is 2.04. The van der Waals surface area contributed by atoms with Crippen molar-refractivity contribution < 1.29 is 9.13 Å². The summed E-state index contributed by atoms with van der Waals surface area (Å²) >= 11 is 6.20. The zero-order valence-corrected chi connectivity index (χ0v) is 15.3. The van der Waals surface area contributed by atoms with E-state index in [-0.39, 0.29) is 11.0 Å². The summed E-state index contributed by atoms with van der Waals surface area (Å²) in [6, 6.07) is 13.4. The van der Waals surface area contributed by atoms with Gasteiger partial charge in [0.05, 0.1) is 18.1 Å². The fraction of sp³-hybridized carbons (Fsp3) is 0.105. The molecule has 0 atom stereocenters. The molecule has 0 bridgehead atoms. The Labute approximate surface area is 159 Å². The van der Waals surface area contributed by atoms with Gasteiger partial charge in [-0.1, -0.05) is 11.6 Å². The number of rotatable bonds is 4. The van der Waals surface area contributed by atoms with E-state index in [4.69, 9.17) is 16.3 Å². The average Bonchev–Trinajstić information content (AvgIpc) is 2.97. The molecular weight excluding hydrogens is 369 g/mol. The number of hydrogen-bond donors (Lipinski definition) is 1. The van der Waals surface area contributed by atoms with E-state index in [0.29, 0.717) is 28.6 Å². The van der Waals surface area contributed by atoms with Gasteiger partial charge >= 0.3 is 0 Å². The highest BCUT2D eigenvalue weighted by molar-refractivity contribution is 6.29. The van der Waals surface area contributed by atoms with Crippen molar-refractivity contribution in [3.63, 3.8) is 0 Å². The summed E-state index contributed by atoms with van der Waals surface area (Å²) in [5.74, 6) is 1.84. The van der Waals surface area contributed by atoms with Crippen LogP contribution in [-0.2, 0) is 0 Å². The van der Waals surface area contributed by atoms with Crippen LogP contribution in [0, 0.1) is 12.7 Å². The number of imidazole rings is 1. The number of nitrogens with zero attached hydrogens (tertiary/aromatic N) is 4. The van der Waals surface area contributed by atoms with Gasteiger partial charge in [-0.3, -0.25) is 4.57 Å². The Morgan fingerprint density at radius 1 is 1.04 bits per heavy atom. The lowest BCUT2D eigenvalue weighted by atomic mass is 10.3. The van der Waals surface area contributed by atoms with Crippen LogP contribution in [0.25, 0.3) is 17.0 Å². The summed E-state index contributed by atoms with van der Waals surface area (Å²) in [4.78, 5) is 13.2. The van der Waals surface area contributed by atoms with E-state index < -0.39 is 0 Å². The number of aromatic nitrogens is 4. The molecule has 0 aliphatic rings. The van der Waals surface area contributed by atoms with Gasteiger partial charge < -0.3 is 10.1 Å². The Morgan fingerprint density at radius 3 is 2.56 bits per heavy atom. The smallest absolute Gasteiger partial charge is 0.239 e. The molecule has 0 aliphatic carbocycles. The highest BCUT2D eigenvalue weighted by Gasteiger charge is 2.14. The lowest BCUT2D eigenvalue weighted by molar-refractivity contribution is 0.415. The molecule has 0 saturated heterocycles. The molecule has 0 fully saturated rings. The Bertz CT molecular complexity index is 1130. The quantitative estimate of drug-likeness (QED) is 0.519. The lowest BCUT2D eigenvalue weighted by Crippen LogP contribution is -2.06. The highest BCUT2D eigenvalue weighted by Crippen LogP contribution is 2.24. The van der Waals surface area contributed by atoms with Gasteiger partial charge in [0.25, 0.3) is 0 Å². The van der Waals surface area contributed by atoms with Gasteiger partial charge in [0.15, 0.2) is 0 Å². The van der Waals surface area contributed by atoms with Gasteiger partial charge in [0.1, 0.15) is 28.4 Å². The largest absolute Gasteiger partial charge is 0.497 e. The number of benzene rings is 2. The molecule has 0 aliphatic heterocycles. The van der Waals surface area contributed by atoms with Gasteiger partial charge in [-0.25, -0.2) is 14.4 Å². The van der Waals surface area contributed by atoms with E-state index in [9.17, 15) is 4.39 Å². The van der Waals surface area contributed by atoms with Crippen molar-refractivity contribution >= 4 is 34.1 Å². The van der Waals surface area contributed by atoms with E-state index in [0.717, 1.165) is 11.4 Å². The number of ether oxygens (including phenoxy) is 1. The SMILES string of the molecule is COc1ccc(Nc2cc(Cl)nc(-n3c(C)nc4ccc(F)cc43)n2)cc1. The second kappa shape index (κ2) is 6.85. The Hall–Kier alpha value is -3.19. The third-order valence-electron chi connectivity index (χ3n) is 4.03. The molecule has 6 nitrogen and oxygen atoms in total. The minimum absolute atomic E-state index is 0.258. The number of fused-ring (bicyclic) bond motifs is 1. The fourth-order valence-corrected chi connectivity index (χ4v) is 2.99. The van der Waals surface area contributed by atoms with Crippen LogP contribution in [0.2, 0.25) is 5.15 Å². The first-order chi connectivity index (χ1) is 13.0. The second-order valence-electron chi connectivity index (χ2n) is 5.86. The number of methoxy groups -OCH3 is 1. The molecule has 27 heavy (non-hydrogen) atoms. The molecule has 136 valence electrons. The summed E-state index contributed by atoms with van der Waals surface area (Å²) in [6.45, 7) is 1.80. The van der Waals surface area contributed by atoms with Gasteiger partial charge in [0, 0.05) is 17.8 Å². The first-order valence-corrected chi connectivity index (χ1v) is 8.52. The molecule has 4 aromatic rings. The molecule has 2 aromatic carbocycles. The first-order valence-electron chi connectivity index (χ1n) is 8.14. The highest BCUT2D eigenvalue weighted by atomic mass is 35.5. The molecule has 0 radical (unpaired) electrons. The van der Waals surface area contributed by atoms with Crippen LogP contribution in [-0.4, -0.2) is 26.6 Å². The molecule has 2 aromatic heterocycles. The van der Waals surface area contributed by atoms with Crippen LogP contribution in [0.4, 0.5) is 15.9 Å². The first kappa shape index (κ1) is 17.2. The molecule has 0 spiro atoms.